The fourth-order valence-electron chi connectivity index (χ4n) is 5.18. The Morgan fingerprint density at radius 3 is 0.855 bits per heavy atom. The van der Waals surface area contributed by atoms with Crippen molar-refractivity contribution < 1.29 is 119 Å². The molecular formula is C28H2F24O3. The second-order valence-corrected chi connectivity index (χ2v) is 10.5. The molecule has 0 saturated heterocycles. The smallest absolute Gasteiger partial charge is 0.450 e. The summed E-state index contributed by atoms with van der Waals surface area (Å²) in [5.74, 6) is -29.5. The predicted molar refractivity (Wildman–Crippen MR) is 131 cm³/mol. The van der Waals surface area contributed by atoms with Gasteiger partial charge in [-0.1, -0.05) is 6.58 Å². The van der Waals surface area contributed by atoms with Crippen LogP contribution in [0.25, 0.3) is 49.4 Å². The SMILES string of the molecule is C=C(C(=c1c(F)c2c3c(F)/c(=C(\C(=O)C(F)(F)F)C(F)(F)F)c(F)c3oc3c(F)/c(=C(\C(=O)C(F)(F)F)C(F)(F)F)c(F)c3c2c1F)C(F)(F)F)C(F)(F)F. The fraction of sp³-hybridized carbons (Fsp3) is 0.214. The quantitative estimate of drug-likeness (QED) is 0.194. The van der Waals surface area contributed by atoms with E-state index in [1.807, 2.05) is 6.58 Å². The number of alkyl halides is 18. The van der Waals surface area contributed by atoms with Crippen LogP contribution >= 0.6 is 0 Å². The van der Waals surface area contributed by atoms with Crippen LogP contribution in [0.3, 0.4) is 0 Å². The number of hydrogen-bond acceptors (Lipinski definition) is 3. The third-order valence-electron chi connectivity index (χ3n) is 7.22. The Morgan fingerprint density at radius 1 is 0.364 bits per heavy atom. The molecule has 3 aromatic carbocycles. The van der Waals surface area contributed by atoms with Crippen molar-refractivity contribution in [1.82, 2.24) is 0 Å². The zero-order chi connectivity index (χ0) is 42.8. The summed E-state index contributed by atoms with van der Waals surface area (Å²) in [6.45, 7) is 1.87. The topological polar surface area (TPSA) is 47.3 Å². The third kappa shape index (κ3) is 6.67. The van der Waals surface area contributed by atoms with E-state index in [1.165, 1.54) is 0 Å². The van der Waals surface area contributed by atoms with Crippen LogP contribution in [0.5, 0.6) is 0 Å². The van der Waals surface area contributed by atoms with Gasteiger partial charge in [0.1, 0.15) is 34.4 Å². The van der Waals surface area contributed by atoms with Crippen LogP contribution in [-0.4, -0.2) is 48.6 Å². The molecule has 0 aliphatic carbocycles. The third-order valence-corrected chi connectivity index (χ3v) is 7.22. The number of hydrogen-bond donors (Lipinski definition) is 0. The molecule has 55 heavy (non-hydrogen) atoms. The average Bonchev–Trinajstić information content (AvgIpc) is 3.38. The first kappa shape index (κ1) is 42.6. The summed E-state index contributed by atoms with van der Waals surface area (Å²) >= 11 is 0. The van der Waals surface area contributed by atoms with Crippen molar-refractivity contribution in [3.05, 3.63) is 62.7 Å². The zero-order valence-electron chi connectivity index (χ0n) is 24.5. The van der Waals surface area contributed by atoms with E-state index >= 15 is 26.3 Å². The fourth-order valence-corrected chi connectivity index (χ4v) is 5.18. The van der Waals surface area contributed by atoms with Gasteiger partial charge >= 0.3 is 37.1 Å². The number of carbonyl (C=O) groups is 2. The second-order valence-electron chi connectivity index (χ2n) is 10.5. The molecule has 0 saturated carbocycles. The lowest BCUT2D eigenvalue weighted by Crippen LogP contribution is -2.36. The van der Waals surface area contributed by atoms with Crippen LogP contribution in [0.15, 0.2) is 16.6 Å². The van der Waals surface area contributed by atoms with Crippen LogP contribution in [0.1, 0.15) is 0 Å². The normalized spacial score (nSPS) is 15.6. The predicted octanol–water partition coefficient (Wildman–Crippen LogP) is 8.81. The van der Waals surface area contributed by atoms with E-state index in [2.05, 4.69) is 4.42 Å². The molecule has 4 rings (SSSR count). The summed E-state index contributed by atoms with van der Waals surface area (Å²) in [5.41, 5.74) is -20.9. The minimum Gasteiger partial charge on any atom is -0.450 e. The summed E-state index contributed by atoms with van der Waals surface area (Å²) in [7, 11) is 0. The number of rotatable bonds is 3. The molecule has 0 bridgehead atoms. The molecule has 4 aromatic rings. The van der Waals surface area contributed by atoms with Crippen LogP contribution < -0.4 is 15.7 Å². The van der Waals surface area contributed by atoms with Gasteiger partial charge in [0, 0.05) is 10.8 Å². The summed E-state index contributed by atoms with van der Waals surface area (Å²) in [6, 6.07) is 0. The van der Waals surface area contributed by atoms with Crippen LogP contribution in [0.4, 0.5) is 105 Å². The molecule has 1 aromatic heterocycles. The van der Waals surface area contributed by atoms with Gasteiger partial charge in [-0.25, -0.2) is 26.3 Å². The molecule has 0 atom stereocenters. The molecule has 1 heterocycles. The Hall–Kier alpha value is -5.14. The highest BCUT2D eigenvalue weighted by molar-refractivity contribution is 6.23. The largest absolute Gasteiger partial charge is 0.454 e. The van der Waals surface area contributed by atoms with E-state index < -0.39 is 154 Å². The van der Waals surface area contributed by atoms with Crippen LogP contribution in [0.2, 0.25) is 0 Å². The van der Waals surface area contributed by atoms with E-state index in [4.69, 9.17) is 0 Å². The van der Waals surface area contributed by atoms with Gasteiger partial charge in [-0.15, -0.1) is 0 Å². The van der Waals surface area contributed by atoms with E-state index in [0.29, 0.717) is 0 Å². The molecule has 0 aliphatic rings. The molecule has 300 valence electrons. The van der Waals surface area contributed by atoms with Crippen molar-refractivity contribution in [2.45, 2.75) is 37.1 Å². The molecule has 0 unspecified atom stereocenters. The van der Waals surface area contributed by atoms with E-state index in [1.54, 1.807) is 0 Å². The maximum Gasteiger partial charge on any atom is 0.454 e. The first-order valence-corrected chi connectivity index (χ1v) is 13.0. The van der Waals surface area contributed by atoms with Gasteiger partial charge in [0.15, 0.2) is 22.8 Å². The Balaban J connectivity index is 2.73. The molecule has 27 heteroatoms. The van der Waals surface area contributed by atoms with Crippen molar-refractivity contribution >= 4 is 61.0 Å². The maximum absolute atomic E-state index is 16.0. The van der Waals surface area contributed by atoms with Crippen molar-refractivity contribution in [1.29, 1.82) is 0 Å². The first-order chi connectivity index (χ1) is 24.4. The summed E-state index contributed by atoms with van der Waals surface area (Å²) in [5, 5.41) is -21.7. The highest BCUT2D eigenvalue weighted by Crippen LogP contribution is 2.44. The Morgan fingerprint density at radius 2 is 0.618 bits per heavy atom. The van der Waals surface area contributed by atoms with Gasteiger partial charge in [-0.3, -0.25) is 9.59 Å². The monoisotopic (exact) mass is 842 g/mol. The average molecular weight is 842 g/mol. The summed E-state index contributed by atoms with van der Waals surface area (Å²) < 4.78 is 343. The number of Topliss-reactive ketones (excluding diaryl/α,β-unsaturated/α-hetero) is 2. The molecule has 0 amide bonds. The number of fused-ring (bicyclic) bond motifs is 5. The molecule has 0 spiro atoms. The summed E-state index contributed by atoms with van der Waals surface area (Å²) in [6.07, 6.45) is -40.6. The highest BCUT2D eigenvalue weighted by Gasteiger charge is 2.54. The van der Waals surface area contributed by atoms with Gasteiger partial charge in [0.25, 0.3) is 11.6 Å². The zero-order valence-corrected chi connectivity index (χ0v) is 24.5. The maximum atomic E-state index is 16.0. The highest BCUT2D eigenvalue weighted by atomic mass is 19.4. The number of carbonyl (C=O) groups excluding carboxylic acids is 2. The minimum absolute atomic E-state index is 1.87. The number of halogens is 24. The lowest BCUT2D eigenvalue weighted by Gasteiger charge is -2.16. The van der Waals surface area contributed by atoms with Crippen LogP contribution in [-0.2, 0) is 9.59 Å². The standard InChI is InChI=1S/C28H2F24O3/c1-2(23(35,36)37)10(24(38,39)40)7-13(29)3-4(14(7)30)6-16(32)9(12(26(44,45)46)22(54)28(50,51)52)18(34)20(6)55-19-5(3)15(31)8(17(19)33)11(25(41,42)43)21(53)27(47,48)49/h1H2/b10-7?,11-8-,12-9+. The van der Waals surface area contributed by atoms with Crippen LogP contribution in [0, 0.1) is 34.9 Å². The van der Waals surface area contributed by atoms with Crippen molar-refractivity contribution in [2.75, 3.05) is 0 Å². The Kier molecular flexibility index (Phi) is 9.63. The van der Waals surface area contributed by atoms with Crippen molar-refractivity contribution in [3.8, 4) is 0 Å². The van der Waals surface area contributed by atoms with Gasteiger partial charge in [0.05, 0.1) is 37.6 Å². The molecule has 0 N–H and O–H groups in total. The first-order valence-electron chi connectivity index (χ1n) is 13.0. The summed E-state index contributed by atoms with van der Waals surface area (Å²) in [4.78, 5) is 23.3. The Bertz CT molecular complexity index is 2400. The number of ketones is 2. The van der Waals surface area contributed by atoms with Crippen molar-refractivity contribution in [2.24, 2.45) is 0 Å². The lowest BCUT2D eigenvalue weighted by molar-refractivity contribution is -0.169. The van der Waals surface area contributed by atoms with E-state index in [-0.39, 0.29) is 0 Å². The molecule has 0 aliphatic heterocycles. The van der Waals surface area contributed by atoms with Gasteiger partial charge in [-0.2, -0.15) is 79.0 Å². The lowest BCUT2D eigenvalue weighted by atomic mass is 10.0. The van der Waals surface area contributed by atoms with Gasteiger partial charge in [0.2, 0.25) is 0 Å². The molecule has 0 fully saturated rings. The Labute approximate surface area is 281 Å². The molecule has 3 nitrogen and oxygen atoms in total. The van der Waals surface area contributed by atoms with Gasteiger partial charge in [-0.05, 0) is 0 Å². The van der Waals surface area contributed by atoms with E-state index in [0.717, 1.165) is 0 Å². The van der Waals surface area contributed by atoms with Crippen molar-refractivity contribution in [3.63, 3.8) is 0 Å². The second kappa shape index (κ2) is 12.4. The van der Waals surface area contributed by atoms with Gasteiger partial charge < -0.3 is 4.42 Å². The molecule has 0 radical (unpaired) electrons. The molecular weight excluding hydrogens is 840 g/mol. The van der Waals surface area contributed by atoms with E-state index in [9.17, 15) is 88.6 Å². The minimum atomic E-state index is -6.92. The number of allylic oxidation sites excluding steroid dienone is 1.